The zero-order chi connectivity index (χ0) is 14.5. The summed E-state index contributed by atoms with van der Waals surface area (Å²) in [5.74, 6) is 0.757. The Kier molecular flexibility index (Phi) is 3.95. The van der Waals surface area contributed by atoms with Crippen molar-refractivity contribution >= 4 is 5.69 Å². The standard InChI is InChI=1S/C15H18N6/c1-2-6-20-7-5-13(10-20)8-17-14-3-4-15(18-9-14)21-12-16-11-19-21/h3-5,7,9-12,17H,2,6,8H2,1H3. The molecule has 6 heteroatoms. The molecular weight excluding hydrogens is 264 g/mol. The lowest BCUT2D eigenvalue weighted by atomic mass is 10.3. The maximum atomic E-state index is 4.36. The number of nitrogens with zero attached hydrogens (tertiary/aromatic N) is 5. The quantitative estimate of drug-likeness (QED) is 0.754. The molecule has 0 radical (unpaired) electrons. The molecule has 3 heterocycles. The van der Waals surface area contributed by atoms with Gasteiger partial charge in [-0.2, -0.15) is 5.10 Å². The predicted octanol–water partition coefficient (Wildman–Crippen LogP) is 2.49. The molecule has 0 aliphatic carbocycles. The van der Waals surface area contributed by atoms with Gasteiger partial charge < -0.3 is 9.88 Å². The highest BCUT2D eigenvalue weighted by Crippen LogP contribution is 2.11. The number of rotatable bonds is 6. The molecule has 0 bridgehead atoms. The highest BCUT2D eigenvalue weighted by atomic mass is 15.3. The van der Waals surface area contributed by atoms with Gasteiger partial charge in [-0.3, -0.25) is 0 Å². The van der Waals surface area contributed by atoms with Gasteiger partial charge in [0.25, 0.3) is 0 Å². The fraction of sp³-hybridized carbons (Fsp3) is 0.267. The Morgan fingerprint density at radius 1 is 1.24 bits per heavy atom. The van der Waals surface area contributed by atoms with Gasteiger partial charge in [0, 0.05) is 25.5 Å². The maximum absolute atomic E-state index is 4.36. The number of anilines is 1. The summed E-state index contributed by atoms with van der Waals surface area (Å²) in [6, 6.07) is 6.05. The lowest BCUT2D eigenvalue weighted by Gasteiger charge is -2.06. The van der Waals surface area contributed by atoms with Crippen LogP contribution in [-0.2, 0) is 13.1 Å². The van der Waals surface area contributed by atoms with Crippen LogP contribution in [0.1, 0.15) is 18.9 Å². The average Bonchev–Trinajstić information content (AvgIpc) is 3.18. The topological polar surface area (TPSA) is 60.6 Å². The van der Waals surface area contributed by atoms with Crippen LogP contribution >= 0.6 is 0 Å². The molecule has 3 rings (SSSR count). The first-order valence-electron chi connectivity index (χ1n) is 7.05. The number of aromatic nitrogens is 5. The van der Waals surface area contributed by atoms with E-state index < -0.39 is 0 Å². The number of hydrogen-bond donors (Lipinski definition) is 1. The van der Waals surface area contributed by atoms with Crippen LogP contribution in [0.4, 0.5) is 5.69 Å². The van der Waals surface area contributed by atoms with Crippen LogP contribution in [0.2, 0.25) is 0 Å². The van der Waals surface area contributed by atoms with E-state index in [-0.39, 0.29) is 0 Å². The molecule has 0 aliphatic rings. The lowest BCUT2D eigenvalue weighted by Crippen LogP contribution is -2.01. The summed E-state index contributed by atoms with van der Waals surface area (Å²) in [6.07, 6.45) is 10.4. The third-order valence-electron chi connectivity index (χ3n) is 3.19. The summed E-state index contributed by atoms with van der Waals surface area (Å²) in [5.41, 5.74) is 2.26. The number of aryl methyl sites for hydroxylation is 1. The number of pyridine rings is 1. The van der Waals surface area contributed by atoms with Crippen molar-refractivity contribution < 1.29 is 0 Å². The Bertz CT molecular complexity index is 669. The van der Waals surface area contributed by atoms with Crippen LogP contribution in [0.15, 0.2) is 49.4 Å². The van der Waals surface area contributed by atoms with Gasteiger partial charge in [-0.15, -0.1) is 0 Å². The third-order valence-corrected chi connectivity index (χ3v) is 3.19. The molecule has 0 spiro atoms. The molecular formula is C15H18N6. The van der Waals surface area contributed by atoms with Crippen molar-refractivity contribution in [3.8, 4) is 5.82 Å². The second kappa shape index (κ2) is 6.21. The normalized spacial score (nSPS) is 10.7. The van der Waals surface area contributed by atoms with Crippen LogP contribution in [0, 0.1) is 0 Å². The molecule has 0 saturated carbocycles. The summed E-state index contributed by atoms with van der Waals surface area (Å²) in [7, 11) is 0. The highest BCUT2D eigenvalue weighted by Gasteiger charge is 2.00. The van der Waals surface area contributed by atoms with Crippen LogP contribution in [0.25, 0.3) is 5.82 Å². The SMILES string of the molecule is CCCn1ccc(CNc2ccc(-n3cncn3)nc2)c1. The minimum absolute atomic E-state index is 0.757. The number of hydrogen-bond acceptors (Lipinski definition) is 4. The van der Waals surface area contributed by atoms with Crippen LogP contribution in [-0.4, -0.2) is 24.3 Å². The minimum Gasteiger partial charge on any atom is -0.380 e. The van der Waals surface area contributed by atoms with Gasteiger partial charge in [0.2, 0.25) is 0 Å². The van der Waals surface area contributed by atoms with Crippen molar-refractivity contribution in [1.29, 1.82) is 0 Å². The molecule has 6 nitrogen and oxygen atoms in total. The Morgan fingerprint density at radius 2 is 2.19 bits per heavy atom. The first kappa shape index (κ1) is 13.4. The highest BCUT2D eigenvalue weighted by molar-refractivity contribution is 5.43. The molecule has 0 amide bonds. The van der Waals surface area contributed by atoms with Gasteiger partial charge in [0.1, 0.15) is 12.7 Å². The van der Waals surface area contributed by atoms with Gasteiger partial charge in [0.15, 0.2) is 5.82 Å². The van der Waals surface area contributed by atoms with Crippen LogP contribution < -0.4 is 5.32 Å². The van der Waals surface area contributed by atoms with E-state index in [1.54, 1.807) is 17.2 Å². The van der Waals surface area contributed by atoms with Crippen molar-refractivity contribution in [3.63, 3.8) is 0 Å². The Hall–Kier alpha value is -2.63. The summed E-state index contributed by atoms with van der Waals surface area (Å²) in [5, 5.41) is 7.42. The van der Waals surface area contributed by atoms with E-state index in [1.165, 1.54) is 11.9 Å². The molecule has 0 aromatic carbocycles. The average molecular weight is 282 g/mol. The summed E-state index contributed by atoms with van der Waals surface area (Å²) < 4.78 is 3.84. The van der Waals surface area contributed by atoms with E-state index in [1.807, 2.05) is 12.1 Å². The summed E-state index contributed by atoms with van der Waals surface area (Å²) in [6.45, 7) is 4.04. The first-order valence-corrected chi connectivity index (χ1v) is 7.05. The van der Waals surface area contributed by atoms with Crippen molar-refractivity contribution in [2.24, 2.45) is 0 Å². The van der Waals surface area contributed by atoms with Crippen LogP contribution in [0.3, 0.4) is 0 Å². The van der Waals surface area contributed by atoms with Gasteiger partial charge in [-0.25, -0.2) is 14.6 Å². The lowest BCUT2D eigenvalue weighted by molar-refractivity contribution is 0.681. The molecule has 0 unspecified atom stereocenters. The van der Waals surface area contributed by atoms with Gasteiger partial charge >= 0.3 is 0 Å². The third kappa shape index (κ3) is 3.28. The van der Waals surface area contributed by atoms with Gasteiger partial charge in [-0.05, 0) is 30.2 Å². The molecule has 0 aliphatic heterocycles. The van der Waals surface area contributed by atoms with Crippen molar-refractivity contribution in [3.05, 3.63) is 55.0 Å². The molecule has 0 saturated heterocycles. The zero-order valence-corrected chi connectivity index (χ0v) is 12.0. The molecule has 0 fully saturated rings. The molecule has 3 aromatic heterocycles. The Morgan fingerprint density at radius 3 is 2.90 bits per heavy atom. The van der Waals surface area contributed by atoms with E-state index >= 15 is 0 Å². The van der Waals surface area contributed by atoms with E-state index in [4.69, 9.17) is 0 Å². The minimum atomic E-state index is 0.757. The number of nitrogens with one attached hydrogen (secondary N) is 1. The van der Waals surface area contributed by atoms with E-state index in [2.05, 4.69) is 50.3 Å². The smallest absolute Gasteiger partial charge is 0.155 e. The fourth-order valence-corrected chi connectivity index (χ4v) is 2.15. The van der Waals surface area contributed by atoms with Crippen LogP contribution in [0.5, 0.6) is 0 Å². The van der Waals surface area contributed by atoms with Gasteiger partial charge in [-0.1, -0.05) is 6.92 Å². The van der Waals surface area contributed by atoms with E-state index in [9.17, 15) is 0 Å². The van der Waals surface area contributed by atoms with Crippen molar-refractivity contribution in [1.82, 2.24) is 24.3 Å². The predicted molar refractivity (Wildman–Crippen MR) is 81.2 cm³/mol. The molecule has 0 atom stereocenters. The summed E-state index contributed by atoms with van der Waals surface area (Å²) in [4.78, 5) is 8.27. The largest absolute Gasteiger partial charge is 0.380 e. The second-order valence-electron chi connectivity index (χ2n) is 4.86. The molecule has 21 heavy (non-hydrogen) atoms. The Labute approximate surface area is 123 Å². The van der Waals surface area contributed by atoms with Crippen molar-refractivity contribution in [2.45, 2.75) is 26.4 Å². The second-order valence-corrected chi connectivity index (χ2v) is 4.86. The van der Waals surface area contributed by atoms with Crippen molar-refractivity contribution in [2.75, 3.05) is 5.32 Å². The van der Waals surface area contributed by atoms with E-state index in [0.717, 1.165) is 31.0 Å². The maximum Gasteiger partial charge on any atom is 0.155 e. The molecule has 1 N–H and O–H groups in total. The fourth-order valence-electron chi connectivity index (χ4n) is 2.15. The summed E-state index contributed by atoms with van der Waals surface area (Å²) >= 11 is 0. The first-order chi connectivity index (χ1) is 10.3. The zero-order valence-electron chi connectivity index (χ0n) is 12.0. The molecule has 108 valence electrons. The molecule has 3 aromatic rings. The van der Waals surface area contributed by atoms with Gasteiger partial charge in [0.05, 0.1) is 11.9 Å². The van der Waals surface area contributed by atoms with E-state index in [0.29, 0.717) is 0 Å². The Balaban J connectivity index is 1.60. The monoisotopic (exact) mass is 282 g/mol.